The molecule has 0 saturated carbocycles. The molecule has 1 aromatic heterocycles. The first-order chi connectivity index (χ1) is 15.2. The standard InChI is InChI=1S/C26H27N5/c1-18-2-6-22(7-3-18)26-23(21-8-4-19(15-27)5-9-21)14-24(25(16-28)31-26)30-17-20-10-12-29-13-11-20/h2-9,14,16,20,28-30H,10-13,17H2,1H3. The predicted molar refractivity (Wildman–Crippen MR) is 127 cm³/mol. The molecule has 0 bridgehead atoms. The van der Waals surface area contributed by atoms with Crippen molar-refractivity contribution in [2.24, 2.45) is 5.92 Å². The molecule has 0 unspecified atom stereocenters. The highest BCUT2D eigenvalue weighted by molar-refractivity contribution is 5.91. The summed E-state index contributed by atoms with van der Waals surface area (Å²) in [4.78, 5) is 4.89. The number of nitriles is 1. The summed E-state index contributed by atoms with van der Waals surface area (Å²) in [5.74, 6) is 0.620. The van der Waals surface area contributed by atoms with Gasteiger partial charge in [-0.2, -0.15) is 5.26 Å². The fraction of sp³-hybridized carbons (Fsp3) is 0.269. The molecule has 0 radical (unpaired) electrons. The van der Waals surface area contributed by atoms with Gasteiger partial charge in [0.25, 0.3) is 0 Å². The average molecular weight is 410 g/mol. The number of pyridine rings is 1. The number of piperidine rings is 1. The van der Waals surface area contributed by atoms with Gasteiger partial charge in [0.2, 0.25) is 0 Å². The third kappa shape index (κ3) is 4.82. The molecule has 0 atom stereocenters. The number of hydrogen-bond donors (Lipinski definition) is 3. The van der Waals surface area contributed by atoms with Crippen LogP contribution in [0.2, 0.25) is 0 Å². The van der Waals surface area contributed by atoms with Crippen LogP contribution in [0.1, 0.15) is 29.7 Å². The van der Waals surface area contributed by atoms with Crippen molar-refractivity contribution in [3.05, 3.63) is 71.4 Å². The van der Waals surface area contributed by atoms with Gasteiger partial charge >= 0.3 is 0 Å². The molecule has 3 N–H and O–H groups in total. The molecule has 1 fully saturated rings. The second-order valence-electron chi connectivity index (χ2n) is 8.09. The Balaban J connectivity index is 1.76. The maximum atomic E-state index is 9.16. The monoisotopic (exact) mass is 409 g/mol. The Kier molecular flexibility index (Phi) is 6.40. The Labute approximate surface area is 183 Å². The number of aromatic nitrogens is 1. The van der Waals surface area contributed by atoms with E-state index in [0.717, 1.165) is 60.5 Å². The number of aryl methyl sites for hydroxylation is 1. The summed E-state index contributed by atoms with van der Waals surface area (Å²) in [5.41, 5.74) is 7.19. The molecule has 2 heterocycles. The largest absolute Gasteiger partial charge is 0.383 e. The van der Waals surface area contributed by atoms with Gasteiger partial charge in [-0.1, -0.05) is 42.0 Å². The van der Waals surface area contributed by atoms with Gasteiger partial charge in [-0.25, -0.2) is 4.98 Å². The molecule has 0 spiro atoms. The lowest BCUT2D eigenvalue weighted by atomic mass is 9.96. The second-order valence-corrected chi connectivity index (χ2v) is 8.09. The van der Waals surface area contributed by atoms with E-state index in [1.807, 2.05) is 24.3 Å². The number of hydrogen-bond acceptors (Lipinski definition) is 5. The van der Waals surface area contributed by atoms with Crippen LogP contribution in [0.3, 0.4) is 0 Å². The lowest BCUT2D eigenvalue weighted by Crippen LogP contribution is -2.31. The minimum atomic E-state index is 0.620. The fourth-order valence-corrected chi connectivity index (χ4v) is 4.00. The first kappa shape index (κ1) is 20.8. The quantitative estimate of drug-likeness (QED) is 0.500. The van der Waals surface area contributed by atoms with Crippen molar-refractivity contribution in [1.82, 2.24) is 10.3 Å². The molecule has 2 aromatic carbocycles. The van der Waals surface area contributed by atoms with E-state index in [1.165, 1.54) is 11.8 Å². The van der Waals surface area contributed by atoms with Crippen LogP contribution < -0.4 is 10.6 Å². The van der Waals surface area contributed by atoms with Gasteiger partial charge in [0.05, 0.1) is 23.0 Å². The van der Waals surface area contributed by atoms with Gasteiger partial charge in [-0.3, -0.25) is 0 Å². The summed E-state index contributed by atoms with van der Waals surface area (Å²) in [5, 5.41) is 24.1. The van der Waals surface area contributed by atoms with Crippen LogP contribution in [-0.2, 0) is 0 Å². The van der Waals surface area contributed by atoms with E-state index in [2.05, 4.69) is 54.0 Å². The number of nitrogens with one attached hydrogen (secondary N) is 3. The maximum absolute atomic E-state index is 9.16. The van der Waals surface area contributed by atoms with Gasteiger partial charge in [-0.15, -0.1) is 0 Å². The fourth-order valence-electron chi connectivity index (χ4n) is 4.00. The smallest absolute Gasteiger partial charge is 0.104 e. The molecule has 3 aromatic rings. The normalized spacial score (nSPS) is 14.1. The molecule has 156 valence electrons. The van der Waals surface area contributed by atoms with E-state index < -0.39 is 0 Å². The molecular formula is C26H27N5. The molecule has 1 aliphatic heterocycles. The number of nitrogens with zero attached hydrogens (tertiary/aromatic N) is 2. The number of benzene rings is 2. The van der Waals surface area contributed by atoms with Crippen LogP contribution in [0, 0.1) is 29.6 Å². The first-order valence-electron chi connectivity index (χ1n) is 10.8. The maximum Gasteiger partial charge on any atom is 0.104 e. The van der Waals surface area contributed by atoms with Crippen LogP contribution in [0.5, 0.6) is 0 Å². The van der Waals surface area contributed by atoms with Crippen molar-refractivity contribution in [3.8, 4) is 28.5 Å². The minimum Gasteiger partial charge on any atom is -0.383 e. The average Bonchev–Trinajstić information content (AvgIpc) is 2.83. The zero-order valence-electron chi connectivity index (χ0n) is 17.8. The Hall–Kier alpha value is -3.49. The van der Waals surface area contributed by atoms with E-state index in [9.17, 15) is 0 Å². The lowest BCUT2D eigenvalue weighted by Gasteiger charge is -2.24. The van der Waals surface area contributed by atoms with Gasteiger partial charge in [0.15, 0.2) is 0 Å². The molecule has 31 heavy (non-hydrogen) atoms. The van der Waals surface area contributed by atoms with Gasteiger partial charge in [-0.05, 0) is 62.5 Å². The molecule has 0 aliphatic carbocycles. The van der Waals surface area contributed by atoms with Gasteiger partial charge in [0.1, 0.15) is 5.69 Å². The minimum absolute atomic E-state index is 0.620. The van der Waals surface area contributed by atoms with Gasteiger partial charge in [0, 0.05) is 23.9 Å². The Morgan fingerprint density at radius 2 is 1.77 bits per heavy atom. The molecule has 1 aliphatic rings. The molecule has 1 saturated heterocycles. The van der Waals surface area contributed by atoms with Crippen LogP contribution >= 0.6 is 0 Å². The van der Waals surface area contributed by atoms with Crippen molar-refractivity contribution in [1.29, 1.82) is 10.7 Å². The molecule has 0 amide bonds. The van der Waals surface area contributed by atoms with E-state index in [-0.39, 0.29) is 0 Å². The summed E-state index contributed by atoms with van der Waals surface area (Å²) in [6.07, 6.45) is 3.64. The van der Waals surface area contributed by atoms with E-state index in [4.69, 9.17) is 15.7 Å². The van der Waals surface area contributed by atoms with Crippen molar-refractivity contribution in [2.45, 2.75) is 19.8 Å². The number of anilines is 1. The van der Waals surface area contributed by atoms with Crippen molar-refractivity contribution < 1.29 is 0 Å². The van der Waals surface area contributed by atoms with Crippen LogP contribution in [0.25, 0.3) is 22.4 Å². The summed E-state index contributed by atoms with van der Waals surface area (Å²) >= 11 is 0. The van der Waals surface area contributed by atoms with Gasteiger partial charge < -0.3 is 16.0 Å². The zero-order chi connectivity index (χ0) is 21.6. The molecule has 4 rings (SSSR count). The van der Waals surface area contributed by atoms with Crippen LogP contribution in [-0.4, -0.2) is 30.8 Å². The van der Waals surface area contributed by atoms with Crippen LogP contribution in [0.15, 0.2) is 54.6 Å². The Morgan fingerprint density at radius 3 is 2.42 bits per heavy atom. The molecular weight excluding hydrogens is 382 g/mol. The summed E-state index contributed by atoms with van der Waals surface area (Å²) in [6.45, 7) is 5.06. The Bertz CT molecular complexity index is 1090. The van der Waals surface area contributed by atoms with E-state index in [0.29, 0.717) is 17.2 Å². The summed E-state index contributed by atoms with van der Waals surface area (Å²) in [6, 6.07) is 20.2. The zero-order valence-corrected chi connectivity index (χ0v) is 17.8. The summed E-state index contributed by atoms with van der Waals surface area (Å²) in [7, 11) is 0. The number of rotatable bonds is 6. The van der Waals surface area contributed by atoms with E-state index in [1.54, 1.807) is 0 Å². The SMILES string of the molecule is Cc1ccc(-c2nc(C=N)c(NCC3CCNCC3)cc2-c2ccc(C#N)cc2)cc1. The molecule has 5 heteroatoms. The topological polar surface area (TPSA) is 84.6 Å². The summed E-state index contributed by atoms with van der Waals surface area (Å²) < 4.78 is 0. The highest BCUT2D eigenvalue weighted by Gasteiger charge is 2.17. The Morgan fingerprint density at radius 1 is 1.10 bits per heavy atom. The van der Waals surface area contributed by atoms with Crippen molar-refractivity contribution in [3.63, 3.8) is 0 Å². The van der Waals surface area contributed by atoms with E-state index >= 15 is 0 Å². The predicted octanol–water partition coefficient (Wildman–Crippen LogP) is 5.00. The highest BCUT2D eigenvalue weighted by Crippen LogP contribution is 2.34. The van der Waals surface area contributed by atoms with Crippen molar-refractivity contribution in [2.75, 3.05) is 25.0 Å². The molecule has 5 nitrogen and oxygen atoms in total. The van der Waals surface area contributed by atoms with Crippen molar-refractivity contribution >= 4 is 11.9 Å². The lowest BCUT2D eigenvalue weighted by molar-refractivity contribution is 0.390. The third-order valence-electron chi connectivity index (χ3n) is 5.88. The van der Waals surface area contributed by atoms with Crippen LogP contribution in [0.4, 0.5) is 5.69 Å². The first-order valence-corrected chi connectivity index (χ1v) is 10.8. The third-order valence-corrected chi connectivity index (χ3v) is 5.88. The second kappa shape index (κ2) is 9.55. The highest BCUT2D eigenvalue weighted by atomic mass is 14.9.